The summed E-state index contributed by atoms with van der Waals surface area (Å²) in [6.45, 7) is 0. The van der Waals surface area contributed by atoms with Gasteiger partial charge in [0.05, 0.1) is 7.11 Å². The largest absolute Gasteiger partial charge is 0.468 e. The van der Waals surface area contributed by atoms with E-state index in [2.05, 4.69) is 4.74 Å². The average Bonchev–Trinajstić information content (AvgIpc) is 2.70. The van der Waals surface area contributed by atoms with Crippen molar-refractivity contribution in [3.05, 3.63) is 0 Å². The number of ether oxygens (including phenoxy) is 1. The van der Waals surface area contributed by atoms with E-state index in [1.165, 1.54) is 20.0 Å². The highest BCUT2D eigenvalue weighted by molar-refractivity contribution is 5.75. The van der Waals surface area contributed by atoms with Crippen LogP contribution in [0.15, 0.2) is 0 Å². The number of hydrogen-bond acceptors (Lipinski definition) is 3. The maximum atomic E-state index is 10.7. The van der Waals surface area contributed by atoms with Gasteiger partial charge in [-0.3, -0.25) is 4.79 Å². The number of hydrogen-bond donors (Lipinski definition) is 1. The topological polar surface area (TPSA) is 52.3 Å². The first-order valence-electron chi connectivity index (χ1n) is 3.57. The van der Waals surface area contributed by atoms with Gasteiger partial charge in [0, 0.05) is 0 Å². The van der Waals surface area contributed by atoms with Crippen LogP contribution in [0.5, 0.6) is 0 Å². The van der Waals surface area contributed by atoms with E-state index >= 15 is 0 Å². The normalized spacial score (nSPS) is 20.2. The standard InChI is InChI=1S/C7H13NO2/c1-10-7(9)6(8)4-5-2-3-5/h5-6H,2-4,8H2,1H3/t6-/m1/s1. The molecule has 1 aliphatic rings. The number of methoxy groups -OCH3 is 1. The van der Waals surface area contributed by atoms with Crippen molar-refractivity contribution in [3.63, 3.8) is 0 Å². The zero-order chi connectivity index (χ0) is 7.56. The fraction of sp³-hybridized carbons (Fsp3) is 0.857. The van der Waals surface area contributed by atoms with Crippen molar-refractivity contribution in [2.45, 2.75) is 25.3 Å². The van der Waals surface area contributed by atoms with Crippen molar-refractivity contribution >= 4 is 5.97 Å². The van der Waals surface area contributed by atoms with Crippen LogP contribution in [0, 0.1) is 5.92 Å². The van der Waals surface area contributed by atoms with Crippen molar-refractivity contribution in [1.29, 1.82) is 0 Å². The zero-order valence-electron chi connectivity index (χ0n) is 6.17. The van der Waals surface area contributed by atoms with E-state index in [0.717, 1.165) is 6.42 Å². The molecule has 2 N–H and O–H groups in total. The second-order valence-electron chi connectivity index (χ2n) is 2.81. The molecule has 1 atom stereocenters. The predicted molar refractivity (Wildman–Crippen MR) is 37.3 cm³/mol. The Morgan fingerprint density at radius 2 is 2.40 bits per heavy atom. The van der Waals surface area contributed by atoms with Crippen LogP contribution < -0.4 is 5.73 Å². The van der Waals surface area contributed by atoms with Crippen molar-refractivity contribution in [2.24, 2.45) is 11.7 Å². The van der Waals surface area contributed by atoms with Gasteiger partial charge in [0.25, 0.3) is 0 Å². The summed E-state index contributed by atoms with van der Waals surface area (Å²) in [6.07, 6.45) is 3.25. The fourth-order valence-electron chi connectivity index (χ4n) is 0.960. The Balaban J connectivity index is 2.18. The monoisotopic (exact) mass is 143 g/mol. The zero-order valence-corrected chi connectivity index (χ0v) is 6.17. The molecule has 0 aromatic carbocycles. The predicted octanol–water partition coefficient (Wildman–Crippen LogP) is 0.287. The van der Waals surface area contributed by atoms with Crippen LogP contribution in [-0.2, 0) is 9.53 Å². The summed E-state index contributed by atoms with van der Waals surface area (Å²) in [5.41, 5.74) is 5.49. The SMILES string of the molecule is COC(=O)[C@H](N)CC1CC1. The first-order chi connectivity index (χ1) is 4.74. The van der Waals surface area contributed by atoms with Gasteiger partial charge in [-0.1, -0.05) is 12.8 Å². The summed E-state index contributed by atoms with van der Waals surface area (Å²) in [7, 11) is 1.37. The minimum atomic E-state index is -0.391. The van der Waals surface area contributed by atoms with Gasteiger partial charge in [0.1, 0.15) is 6.04 Å². The Kier molecular flexibility index (Phi) is 2.27. The molecule has 0 saturated heterocycles. The lowest BCUT2D eigenvalue weighted by Gasteiger charge is -2.06. The number of esters is 1. The van der Waals surface area contributed by atoms with E-state index in [0.29, 0.717) is 5.92 Å². The van der Waals surface area contributed by atoms with Crippen LogP contribution in [-0.4, -0.2) is 19.1 Å². The summed E-state index contributed by atoms with van der Waals surface area (Å²) in [6, 6.07) is -0.391. The molecule has 0 aliphatic heterocycles. The molecule has 1 fully saturated rings. The molecule has 1 saturated carbocycles. The highest BCUT2D eigenvalue weighted by atomic mass is 16.5. The van der Waals surface area contributed by atoms with E-state index in [-0.39, 0.29) is 5.97 Å². The minimum absolute atomic E-state index is 0.285. The minimum Gasteiger partial charge on any atom is -0.468 e. The Morgan fingerprint density at radius 3 is 2.80 bits per heavy atom. The van der Waals surface area contributed by atoms with Crippen LogP contribution in [0.2, 0.25) is 0 Å². The maximum absolute atomic E-state index is 10.7. The Labute approximate surface area is 60.5 Å². The van der Waals surface area contributed by atoms with Crippen LogP contribution in [0.3, 0.4) is 0 Å². The summed E-state index contributed by atoms with van der Waals surface area (Å²) < 4.78 is 4.48. The molecule has 3 heteroatoms. The van der Waals surface area contributed by atoms with Crippen molar-refractivity contribution in [1.82, 2.24) is 0 Å². The molecule has 1 rings (SSSR count). The molecule has 0 heterocycles. The molecule has 0 spiro atoms. The summed E-state index contributed by atoms with van der Waals surface area (Å²) in [4.78, 5) is 10.7. The Bertz CT molecular complexity index is 132. The molecule has 0 unspecified atom stereocenters. The first kappa shape index (κ1) is 7.54. The molecule has 0 amide bonds. The fourth-order valence-corrected chi connectivity index (χ4v) is 0.960. The average molecular weight is 143 g/mol. The van der Waals surface area contributed by atoms with Gasteiger partial charge in [0.2, 0.25) is 0 Å². The van der Waals surface area contributed by atoms with E-state index in [1.807, 2.05) is 0 Å². The molecule has 0 radical (unpaired) electrons. The number of carbonyl (C=O) groups is 1. The summed E-state index contributed by atoms with van der Waals surface area (Å²) in [5, 5.41) is 0. The third-order valence-corrected chi connectivity index (χ3v) is 1.79. The third kappa shape index (κ3) is 1.99. The molecule has 0 bridgehead atoms. The van der Waals surface area contributed by atoms with E-state index in [1.54, 1.807) is 0 Å². The smallest absolute Gasteiger partial charge is 0.322 e. The molecule has 1 aliphatic carbocycles. The van der Waals surface area contributed by atoms with Crippen molar-refractivity contribution in [2.75, 3.05) is 7.11 Å². The number of nitrogens with two attached hydrogens (primary N) is 1. The second kappa shape index (κ2) is 3.01. The third-order valence-electron chi connectivity index (χ3n) is 1.79. The van der Waals surface area contributed by atoms with Gasteiger partial charge in [-0.15, -0.1) is 0 Å². The number of rotatable bonds is 3. The molecule has 58 valence electrons. The van der Waals surface area contributed by atoms with Gasteiger partial charge in [-0.05, 0) is 12.3 Å². The first-order valence-corrected chi connectivity index (χ1v) is 3.57. The molecule has 3 nitrogen and oxygen atoms in total. The summed E-state index contributed by atoms with van der Waals surface area (Å²) in [5.74, 6) is 0.404. The lowest BCUT2D eigenvalue weighted by molar-refractivity contribution is -0.142. The van der Waals surface area contributed by atoms with E-state index in [9.17, 15) is 4.79 Å². The lowest BCUT2D eigenvalue weighted by atomic mass is 10.1. The molecular formula is C7H13NO2. The molecule has 0 aromatic heterocycles. The Hall–Kier alpha value is -0.570. The van der Waals surface area contributed by atoms with Gasteiger partial charge in [0.15, 0.2) is 0 Å². The van der Waals surface area contributed by atoms with E-state index in [4.69, 9.17) is 5.73 Å². The van der Waals surface area contributed by atoms with Crippen molar-refractivity contribution < 1.29 is 9.53 Å². The van der Waals surface area contributed by atoms with Crippen LogP contribution >= 0.6 is 0 Å². The molecule has 0 aromatic rings. The Morgan fingerprint density at radius 1 is 1.80 bits per heavy atom. The second-order valence-corrected chi connectivity index (χ2v) is 2.81. The van der Waals surface area contributed by atoms with Gasteiger partial charge in [-0.2, -0.15) is 0 Å². The van der Waals surface area contributed by atoms with Gasteiger partial charge >= 0.3 is 5.97 Å². The van der Waals surface area contributed by atoms with Crippen LogP contribution in [0.25, 0.3) is 0 Å². The highest BCUT2D eigenvalue weighted by Crippen LogP contribution is 2.33. The van der Waals surface area contributed by atoms with Crippen LogP contribution in [0.4, 0.5) is 0 Å². The van der Waals surface area contributed by atoms with Crippen molar-refractivity contribution in [3.8, 4) is 0 Å². The number of carbonyl (C=O) groups excluding carboxylic acids is 1. The molecule has 10 heavy (non-hydrogen) atoms. The maximum Gasteiger partial charge on any atom is 0.322 e. The van der Waals surface area contributed by atoms with E-state index < -0.39 is 6.04 Å². The van der Waals surface area contributed by atoms with Crippen LogP contribution in [0.1, 0.15) is 19.3 Å². The molecular weight excluding hydrogens is 130 g/mol. The lowest BCUT2D eigenvalue weighted by Crippen LogP contribution is -2.31. The highest BCUT2D eigenvalue weighted by Gasteiger charge is 2.27. The summed E-state index contributed by atoms with van der Waals surface area (Å²) >= 11 is 0. The van der Waals surface area contributed by atoms with Gasteiger partial charge < -0.3 is 10.5 Å². The van der Waals surface area contributed by atoms with Gasteiger partial charge in [-0.25, -0.2) is 0 Å². The quantitative estimate of drug-likeness (QED) is 0.577.